The van der Waals surface area contributed by atoms with Crippen molar-refractivity contribution in [3.63, 3.8) is 0 Å². The molecule has 4 aromatic rings. The van der Waals surface area contributed by atoms with Gasteiger partial charge in [-0.2, -0.15) is 5.26 Å². The highest BCUT2D eigenvalue weighted by molar-refractivity contribution is 7.98. The van der Waals surface area contributed by atoms with Gasteiger partial charge in [-0.3, -0.25) is 9.59 Å². The van der Waals surface area contributed by atoms with Crippen LogP contribution in [-0.2, 0) is 34.3 Å². The van der Waals surface area contributed by atoms with Gasteiger partial charge in [-0.05, 0) is 104 Å². The molecule has 0 saturated carbocycles. The zero-order chi connectivity index (χ0) is 48.7. The van der Waals surface area contributed by atoms with Crippen LogP contribution in [-0.4, -0.2) is 83.5 Å². The molecule has 5 rings (SSSR count). The smallest absolute Gasteiger partial charge is 0.408 e. The number of rotatable bonds is 20. The highest BCUT2D eigenvalue weighted by Gasteiger charge is 2.29. The van der Waals surface area contributed by atoms with Crippen molar-refractivity contribution in [3.8, 4) is 33.5 Å². The van der Waals surface area contributed by atoms with Crippen molar-refractivity contribution in [2.45, 2.75) is 127 Å². The number of amides is 2. The fourth-order valence-corrected chi connectivity index (χ4v) is 8.88. The number of carbonyl (C=O) groups is 4. The number of aromatic nitrogens is 2. The van der Waals surface area contributed by atoms with E-state index in [4.69, 9.17) is 47.1 Å². The van der Waals surface area contributed by atoms with E-state index in [1.165, 1.54) is 30.0 Å². The third-order valence-corrected chi connectivity index (χ3v) is 12.2. The van der Waals surface area contributed by atoms with Crippen molar-refractivity contribution in [1.82, 2.24) is 20.6 Å². The highest BCUT2D eigenvalue weighted by atomic mass is 35.5. The molecule has 1 saturated heterocycles. The lowest BCUT2D eigenvalue weighted by molar-refractivity contribution is -0.155. The van der Waals surface area contributed by atoms with Gasteiger partial charge >= 0.3 is 18.0 Å². The van der Waals surface area contributed by atoms with Gasteiger partial charge in [-0.25, -0.2) is 24.4 Å². The summed E-state index contributed by atoms with van der Waals surface area (Å²) in [6, 6.07) is 14.8. The van der Waals surface area contributed by atoms with Crippen molar-refractivity contribution in [1.29, 1.82) is 5.26 Å². The molecule has 3 heterocycles. The lowest BCUT2D eigenvalue weighted by Gasteiger charge is -2.24. The summed E-state index contributed by atoms with van der Waals surface area (Å²) >= 11 is 9.02. The Morgan fingerprint density at radius 2 is 1.60 bits per heavy atom. The van der Waals surface area contributed by atoms with Gasteiger partial charge in [0.2, 0.25) is 11.6 Å². The van der Waals surface area contributed by atoms with Crippen LogP contribution in [0.1, 0.15) is 105 Å². The number of unbranched alkanes of at least 4 members (excludes halogenated alkanes) is 2. The van der Waals surface area contributed by atoms with E-state index >= 15 is 0 Å². The summed E-state index contributed by atoms with van der Waals surface area (Å²) < 4.78 is 22.0. The van der Waals surface area contributed by atoms with E-state index in [1.807, 2.05) is 29.6 Å². The molecule has 0 radical (unpaired) electrons. The second-order valence-corrected chi connectivity index (χ2v) is 20.1. The number of thiazole rings is 1. The molecule has 0 unspecified atom stereocenters. The summed E-state index contributed by atoms with van der Waals surface area (Å²) in [5, 5.41) is 19.8. The number of pyridine rings is 1. The van der Waals surface area contributed by atoms with Gasteiger partial charge in [0.05, 0.1) is 17.8 Å². The number of halogens is 1. The van der Waals surface area contributed by atoms with Gasteiger partial charge in [0.15, 0.2) is 0 Å². The summed E-state index contributed by atoms with van der Waals surface area (Å²) in [6.07, 6.45) is 3.32. The van der Waals surface area contributed by atoms with Crippen LogP contribution in [0.25, 0.3) is 26.5 Å². The molecular weight excluding hydrogens is 914 g/mol. The molecule has 2 aromatic heterocycles. The molecule has 356 valence electrons. The summed E-state index contributed by atoms with van der Waals surface area (Å²) in [5.41, 5.74) is 2.19. The average molecular weight is 973 g/mol. The Morgan fingerprint density at radius 1 is 0.925 bits per heavy atom. The summed E-state index contributed by atoms with van der Waals surface area (Å²) in [7, 11) is 0. The number of hydrogen-bond acceptors (Lipinski definition) is 14. The zero-order valence-electron chi connectivity index (χ0n) is 39.0. The van der Waals surface area contributed by atoms with E-state index in [9.17, 15) is 24.4 Å². The molecule has 1 aliphatic rings. The van der Waals surface area contributed by atoms with Gasteiger partial charge < -0.3 is 34.5 Å². The molecular formula is C49H58ClN7O8S2. The number of nitrogens with zero attached hydrogens (tertiary/aromatic N) is 5. The quantitative estimate of drug-likeness (QED) is 0.0280. The number of hydrogen-bond donors (Lipinski definition) is 2. The summed E-state index contributed by atoms with van der Waals surface area (Å²) in [6.45, 7) is 21.6. The second-order valence-electron chi connectivity index (χ2n) is 17.9. The van der Waals surface area contributed by atoms with Crippen molar-refractivity contribution in [2.75, 3.05) is 31.2 Å². The number of nitrogens with one attached hydrogen (secondary N) is 2. The monoisotopic (exact) mass is 971 g/mol. The van der Waals surface area contributed by atoms with E-state index in [0.717, 1.165) is 42.2 Å². The van der Waals surface area contributed by atoms with Crippen LogP contribution in [0.15, 0.2) is 58.9 Å². The number of nitriles is 1. The van der Waals surface area contributed by atoms with Gasteiger partial charge in [0.1, 0.15) is 64.2 Å². The number of benzene rings is 2. The van der Waals surface area contributed by atoms with E-state index in [2.05, 4.69) is 26.4 Å². The number of thioether (sulfide) groups is 1. The summed E-state index contributed by atoms with van der Waals surface area (Å²) in [4.78, 5) is 66.8. The average Bonchev–Trinajstić information content (AvgIpc) is 3.99. The van der Waals surface area contributed by atoms with Crippen LogP contribution in [0, 0.1) is 17.9 Å². The van der Waals surface area contributed by atoms with Gasteiger partial charge in [0.25, 0.3) is 0 Å². The third kappa shape index (κ3) is 16.2. The Hall–Kier alpha value is -5.88. The molecule has 18 heteroatoms. The van der Waals surface area contributed by atoms with Crippen LogP contribution in [0.3, 0.4) is 0 Å². The van der Waals surface area contributed by atoms with Crippen molar-refractivity contribution >= 4 is 70.1 Å². The van der Waals surface area contributed by atoms with E-state index < -0.39 is 41.3 Å². The predicted octanol–water partition coefficient (Wildman–Crippen LogP) is 10.5. The SMILES string of the molecule is [C-]#[N+]c1c(N2CCCC2)nc(SCc2csc(-c3ccc(Cl)cc3)n2)c(C#N)c1-c1ccc(OCCOC(=O)[C@H](C)NC(=O)[C@H](CCCCCC(=O)OC(C)(C)C)NC(=O)OC(C)(C)C)cc1. The molecule has 0 aliphatic carbocycles. The lowest BCUT2D eigenvalue weighted by atomic mass is 9.99. The predicted molar refractivity (Wildman–Crippen MR) is 260 cm³/mol. The van der Waals surface area contributed by atoms with Gasteiger partial charge in [-0.1, -0.05) is 60.5 Å². The number of carbonyl (C=O) groups excluding carboxylic acids is 4. The Morgan fingerprint density at radius 3 is 2.24 bits per heavy atom. The van der Waals surface area contributed by atoms with Crippen LogP contribution in [0.5, 0.6) is 5.75 Å². The number of esters is 2. The minimum atomic E-state index is -1.05. The molecule has 2 aromatic carbocycles. The van der Waals surface area contributed by atoms with E-state index in [0.29, 0.717) is 69.0 Å². The standard InChI is InChI=1S/C49H58ClN7O8S2/c1-31(53-43(59)38(55-47(61)65-49(5,6)7)14-10-9-11-15-39(58)64-48(2,3)4)46(60)63-27-26-62-36-22-18-32(19-23-36)40-37(28-51)45(56-42(41(40)52-8)57-24-12-13-25-57)67-30-35-29-66-44(54-35)33-16-20-34(50)21-17-33/h16-23,29,31,38H,9-15,24-27,30H2,1-7H3,(H,53,59)(H,55,61)/t31-,38-/m0/s1. The Bertz CT molecular complexity index is 2430. The molecule has 2 amide bonds. The Labute approximate surface area is 406 Å². The fraction of sp³-hybridized carbons (Fsp3) is 0.469. The highest BCUT2D eigenvalue weighted by Crippen LogP contribution is 2.45. The summed E-state index contributed by atoms with van der Waals surface area (Å²) in [5.74, 6) is -0.102. The maximum atomic E-state index is 13.3. The topological polar surface area (TPSA) is 186 Å². The maximum absolute atomic E-state index is 13.3. The van der Waals surface area contributed by atoms with E-state index in [1.54, 1.807) is 65.8 Å². The maximum Gasteiger partial charge on any atom is 0.408 e. The van der Waals surface area contributed by atoms with Crippen LogP contribution in [0.4, 0.5) is 16.3 Å². The van der Waals surface area contributed by atoms with Crippen molar-refractivity contribution in [2.24, 2.45) is 0 Å². The molecule has 1 fully saturated rings. The minimum absolute atomic E-state index is 0.000126. The Balaban J connectivity index is 1.18. The first-order valence-corrected chi connectivity index (χ1v) is 24.4. The molecule has 0 bridgehead atoms. The number of ether oxygens (including phenoxy) is 4. The lowest BCUT2D eigenvalue weighted by Crippen LogP contribution is -2.51. The molecule has 2 atom stereocenters. The van der Waals surface area contributed by atoms with Crippen LogP contribution >= 0.6 is 34.7 Å². The van der Waals surface area contributed by atoms with Crippen molar-refractivity contribution < 1.29 is 38.1 Å². The first-order chi connectivity index (χ1) is 31.8. The first-order valence-electron chi connectivity index (χ1n) is 22.2. The van der Waals surface area contributed by atoms with Crippen LogP contribution in [0.2, 0.25) is 5.02 Å². The van der Waals surface area contributed by atoms with E-state index in [-0.39, 0.29) is 32.0 Å². The van der Waals surface area contributed by atoms with Crippen molar-refractivity contribution in [3.05, 3.63) is 81.6 Å². The zero-order valence-corrected chi connectivity index (χ0v) is 41.4. The normalized spacial score (nSPS) is 13.4. The second kappa shape index (κ2) is 24.2. The first kappa shape index (κ1) is 52.1. The van der Waals surface area contributed by atoms with Gasteiger partial charge in [-0.15, -0.1) is 11.3 Å². The molecule has 0 spiro atoms. The van der Waals surface area contributed by atoms with Gasteiger partial charge in [0, 0.05) is 46.8 Å². The number of anilines is 1. The number of alkyl carbamates (subject to hydrolysis) is 1. The van der Waals surface area contributed by atoms with Crippen LogP contribution < -0.4 is 20.3 Å². The molecule has 67 heavy (non-hydrogen) atoms. The third-order valence-electron chi connectivity index (χ3n) is 10.0. The molecule has 15 nitrogen and oxygen atoms in total. The molecule has 1 aliphatic heterocycles. The minimum Gasteiger partial charge on any atom is -0.490 e. The Kier molecular flexibility index (Phi) is 18.8. The molecule has 2 N–H and O–H groups in total. The fourth-order valence-electron chi connectivity index (χ4n) is 6.95. The largest absolute Gasteiger partial charge is 0.490 e.